The Balaban J connectivity index is 1.83. The highest BCUT2D eigenvalue weighted by molar-refractivity contribution is 9.10. The number of rotatable bonds is 3. The molecule has 0 spiro atoms. The summed E-state index contributed by atoms with van der Waals surface area (Å²) in [6.45, 7) is 6.48. The fourth-order valence-corrected chi connectivity index (χ4v) is 4.07. The third kappa shape index (κ3) is 3.42. The van der Waals surface area contributed by atoms with Gasteiger partial charge in [-0.05, 0) is 38.0 Å². The Morgan fingerprint density at radius 1 is 1.32 bits per heavy atom. The zero-order chi connectivity index (χ0) is 18.3. The Morgan fingerprint density at radius 2 is 2.04 bits per heavy atom. The quantitative estimate of drug-likeness (QED) is 0.836. The number of hydrogen-bond acceptors (Lipinski definition) is 3. The van der Waals surface area contributed by atoms with Crippen LogP contribution >= 0.6 is 15.9 Å². The molecule has 7 heteroatoms. The third-order valence-electron chi connectivity index (χ3n) is 4.82. The van der Waals surface area contributed by atoms with Gasteiger partial charge in [-0.2, -0.15) is 0 Å². The molecule has 0 bridgehead atoms. The number of amides is 3. The summed E-state index contributed by atoms with van der Waals surface area (Å²) in [4.78, 5) is 40.1. The van der Waals surface area contributed by atoms with Gasteiger partial charge in [-0.25, -0.2) is 0 Å². The number of likely N-dealkylation sites (tertiary alicyclic amines) is 1. The predicted octanol–water partition coefficient (Wildman–Crippen LogP) is 2.55. The van der Waals surface area contributed by atoms with Crippen LogP contribution in [-0.4, -0.2) is 41.8 Å². The lowest BCUT2D eigenvalue weighted by Gasteiger charge is -2.22. The molecule has 1 unspecified atom stereocenters. The van der Waals surface area contributed by atoms with Crippen molar-refractivity contribution in [3.63, 3.8) is 0 Å². The molecule has 0 radical (unpaired) electrons. The lowest BCUT2D eigenvalue weighted by atomic mass is 10.1. The van der Waals surface area contributed by atoms with Gasteiger partial charge in [0.15, 0.2) is 0 Å². The molecule has 1 N–H and O–H groups in total. The maximum atomic E-state index is 12.7. The smallest absolute Gasteiger partial charge is 0.229 e. The van der Waals surface area contributed by atoms with Crippen LogP contribution in [0.25, 0.3) is 0 Å². The van der Waals surface area contributed by atoms with E-state index >= 15 is 0 Å². The van der Waals surface area contributed by atoms with Gasteiger partial charge in [0.2, 0.25) is 17.7 Å². The minimum Gasteiger partial charge on any atom is -0.339 e. The Labute approximate surface area is 155 Å². The van der Waals surface area contributed by atoms with Crippen LogP contribution in [0.5, 0.6) is 0 Å². The number of carbonyl (C=O) groups excluding carboxylic acids is 3. The van der Waals surface area contributed by atoms with Crippen molar-refractivity contribution in [1.29, 1.82) is 0 Å². The van der Waals surface area contributed by atoms with E-state index in [1.807, 2.05) is 26.0 Å². The molecule has 2 aliphatic heterocycles. The molecule has 3 amide bonds. The van der Waals surface area contributed by atoms with Gasteiger partial charge in [-0.15, -0.1) is 0 Å². The van der Waals surface area contributed by atoms with E-state index in [9.17, 15) is 14.4 Å². The molecule has 3 rings (SSSR count). The highest BCUT2D eigenvalue weighted by Crippen LogP contribution is 2.39. The highest BCUT2D eigenvalue weighted by atomic mass is 79.9. The van der Waals surface area contributed by atoms with Gasteiger partial charge in [0, 0.05) is 36.9 Å². The average Bonchev–Trinajstić information content (AvgIpc) is 3.10. The molecule has 1 aromatic carbocycles. The number of anilines is 2. The van der Waals surface area contributed by atoms with Crippen molar-refractivity contribution < 1.29 is 14.4 Å². The standard InChI is InChI=1S/C18H22BrN3O3/c1-10(2)22-9-13(7-16(22)24)18(25)20-15-8-14(19)6-12-4-5-21(11(3)23)17(12)15/h6,8,10,13H,4-5,7,9H2,1-3H3,(H,20,25). The topological polar surface area (TPSA) is 69.7 Å². The van der Waals surface area contributed by atoms with Crippen molar-refractivity contribution in [3.8, 4) is 0 Å². The van der Waals surface area contributed by atoms with Gasteiger partial charge in [-0.3, -0.25) is 14.4 Å². The molecule has 134 valence electrons. The predicted molar refractivity (Wildman–Crippen MR) is 99.5 cm³/mol. The summed E-state index contributed by atoms with van der Waals surface area (Å²) in [6, 6.07) is 3.89. The maximum Gasteiger partial charge on any atom is 0.229 e. The van der Waals surface area contributed by atoms with Gasteiger partial charge in [0.05, 0.1) is 17.3 Å². The first-order valence-corrected chi connectivity index (χ1v) is 9.28. The summed E-state index contributed by atoms with van der Waals surface area (Å²) in [5, 5.41) is 2.95. The average molecular weight is 408 g/mol. The number of hydrogen-bond donors (Lipinski definition) is 1. The maximum absolute atomic E-state index is 12.7. The second-order valence-corrected chi connectivity index (χ2v) is 7.83. The zero-order valence-corrected chi connectivity index (χ0v) is 16.2. The van der Waals surface area contributed by atoms with Crippen LogP contribution < -0.4 is 10.2 Å². The summed E-state index contributed by atoms with van der Waals surface area (Å²) in [6.07, 6.45) is 0.997. The van der Waals surface area contributed by atoms with Gasteiger partial charge < -0.3 is 15.1 Å². The van der Waals surface area contributed by atoms with Gasteiger partial charge in [0.1, 0.15) is 0 Å². The number of carbonyl (C=O) groups is 3. The Kier molecular flexibility index (Phi) is 4.86. The van der Waals surface area contributed by atoms with Crippen LogP contribution in [0.15, 0.2) is 16.6 Å². The van der Waals surface area contributed by atoms with Crippen molar-refractivity contribution in [2.75, 3.05) is 23.3 Å². The van der Waals surface area contributed by atoms with Gasteiger partial charge in [0.25, 0.3) is 0 Å². The summed E-state index contributed by atoms with van der Waals surface area (Å²) in [5.74, 6) is -0.567. The second-order valence-electron chi connectivity index (χ2n) is 6.91. The molecule has 0 aliphatic carbocycles. The number of nitrogens with one attached hydrogen (secondary N) is 1. The molecule has 0 saturated carbocycles. The summed E-state index contributed by atoms with van der Waals surface area (Å²) < 4.78 is 0.859. The molecular formula is C18H22BrN3O3. The first-order chi connectivity index (χ1) is 11.8. The minimum absolute atomic E-state index is 0.0139. The van der Waals surface area contributed by atoms with E-state index in [2.05, 4.69) is 21.2 Å². The Hall–Kier alpha value is -1.89. The van der Waals surface area contributed by atoms with Gasteiger partial charge >= 0.3 is 0 Å². The number of halogens is 1. The van der Waals surface area contributed by atoms with Gasteiger partial charge in [-0.1, -0.05) is 15.9 Å². The van der Waals surface area contributed by atoms with E-state index in [-0.39, 0.29) is 36.1 Å². The summed E-state index contributed by atoms with van der Waals surface area (Å²) in [5.41, 5.74) is 2.43. The van der Waals surface area contributed by atoms with Crippen molar-refractivity contribution in [2.45, 2.75) is 39.7 Å². The van der Waals surface area contributed by atoms with Crippen molar-refractivity contribution in [1.82, 2.24) is 4.90 Å². The van der Waals surface area contributed by atoms with E-state index < -0.39 is 0 Å². The van der Waals surface area contributed by atoms with Crippen molar-refractivity contribution in [3.05, 3.63) is 22.2 Å². The normalized spacial score (nSPS) is 19.6. The molecule has 2 heterocycles. The number of benzene rings is 1. The first-order valence-electron chi connectivity index (χ1n) is 8.48. The van der Waals surface area contributed by atoms with Crippen LogP contribution in [0.4, 0.5) is 11.4 Å². The minimum atomic E-state index is -0.364. The van der Waals surface area contributed by atoms with E-state index in [1.54, 1.807) is 9.80 Å². The molecule has 1 aromatic rings. The summed E-state index contributed by atoms with van der Waals surface area (Å²) in [7, 11) is 0. The lowest BCUT2D eigenvalue weighted by molar-refractivity contribution is -0.129. The largest absolute Gasteiger partial charge is 0.339 e. The monoisotopic (exact) mass is 407 g/mol. The fourth-order valence-electron chi connectivity index (χ4n) is 3.56. The van der Waals surface area contributed by atoms with E-state index in [1.165, 1.54) is 6.92 Å². The van der Waals surface area contributed by atoms with Crippen LogP contribution in [0.1, 0.15) is 32.8 Å². The highest BCUT2D eigenvalue weighted by Gasteiger charge is 2.36. The SMILES string of the molecule is CC(=O)N1CCc2cc(Br)cc(NC(=O)C3CC(=O)N(C(C)C)C3)c21. The van der Waals surface area contributed by atoms with Crippen LogP contribution in [0, 0.1) is 5.92 Å². The number of nitrogens with zero attached hydrogens (tertiary/aromatic N) is 2. The molecule has 1 fully saturated rings. The third-order valence-corrected chi connectivity index (χ3v) is 5.28. The second kappa shape index (κ2) is 6.78. The fraction of sp³-hybridized carbons (Fsp3) is 0.500. The van der Waals surface area contributed by atoms with Crippen LogP contribution in [0.3, 0.4) is 0 Å². The van der Waals surface area contributed by atoms with Crippen molar-refractivity contribution in [2.24, 2.45) is 5.92 Å². The Bertz CT molecular complexity index is 747. The van der Waals surface area contributed by atoms with Crippen molar-refractivity contribution >= 4 is 45.0 Å². The number of fused-ring (bicyclic) bond motifs is 1. The molecule has 1 saturated heterocycles. The zero-order valence-electron chi connectivity index (χ0n) is 14.6. The summed E-state index contributed by atoms with van der Waals surface area (Å²) >= 11 is 3.47. The van der Waals surface area contributed by atoms with E-state index in [0.717, 1.165) is 22.1 Å². The van der Waals surface area contributed by atoms with Crippen LogP contribution in [0.2, 0.25) is 0 Å². The van der Waals surface area contributed by atoms with Crippen LogP contribution in [-0.2, 0) is 20.8 Å². The molecule has 2 aliphatic rings. The molecular weight excluding hydrogens is 386 g/mol. The van der Waals surface area contributed by atoms with E-state index in [0.29, 0.717) is 18.8 Å². The molecule has 1 atom stereocenters. The molecule has 0 aromatic heterocycles. The molecule has 25 heavy (non-hydrogen) atoms. The van der Waals surface area contributed by atoms with E-state index in [4.69, 9.17) is 0 Å². The first kappa shape index (κ1) is 17.9. The Morgan fingerprint density at radius 3 is 2.64 bits per heavy atom. The molecule has 6 nitrogen and oxygen atoms in total. The lowest BCUT2D eigenvalue weighted by Crippen LogP contribution is -2.33.